The van der Waals surface area contributed by atoms with Crippen LogP contribution in [-0.2, 0) is 12.8 Å². The van der Waals surface area contributed by atoms with Gasteiger partial charge in [0.05, 0.1) is 0 Å². The minimum Gasteiger partial charge on any atom is -0.333 e. The fourth-order valence-electron chi connectivity index (χ4n) is 6.21. The molecule has 4 unspecified atom stereocenters. The second kappa shape index (κ2) is 10.3. The molecule has 0 heterocycles. The van der Waals surface area contributed by atoms with E-state index in [1.54, 1.807) is 17.2 Å². The van der Waals surface area contributed by atoms with Crippen molar-refractivity contribution in [1.82, 2.24) is 0 Å². The molecule has 2 saturated carbocycles. The molecule has 0 aliphatic heterocycles. The van der Waals surface area contributed by atoms with Crippen molar-refractivity contribution in [3.05, 3.63) is 47.0 Å². The first-order valence-corrected chi connectivity index (χ1v) is 11.3. The molecule has 0 bridgehead atoms. The molecular weight excluding hydrogens is 338 g/mol. The van der Waals surface area contributed by atoms with Crippen LogP contribution in [0.1, 0.15) is 94.4 Å². The number of allylic oxidation sites excluding steroid dienone is 1. The van der Waals surface area contributed by atoms with E-state index >= 15 is 0 Å². The average molecular weight is 380 g/mol. The molecule has 0 saturated heterocycles. The number of benzene rings is 1. The quantitative estimate of drug-likeness (QED) is 0.430. The Labute approximate surface area is 174 Å². The summed E-state index contributed by atoms with van der Waals surface area (Å²) in [5.41, 5.74) is 11.2. The Kier molecular flexibility index (Phi) is 8.38. The van der Waals surface area contributed by atoms with Gasteiger partial charge in [-0.3, -0.25) is 0 Å². The molecule has 3 aliphatic rings. The van der Waals surface area contributed by atoms with Crippen LogP contribution >= 0.6 is 0 Å². The summed E-state index contributed by atoms with van der Waals surface area (Å²) < 4.78 is 0. The first-order chi connectivity index (χ1) is 13.6. The third-order valence-electron chi connectivity index (χ3n) is 7.37. The van der Waals surface area contributed by atoms with Gasteiger partial charge in [-0.05, 0) is 112 Å². The Morgan fingerprint density at radius 1 is 1.21 bits per heavy atom. The van der Waals surface area contributed by atoms with Crippen LogP contribution in [0.15, 0.2) is 24.8 Å². The van der Waals surface area contributed by atoms with Gasteiger partial charge in [-0.25, -0.2) is 0 Å². The Hall–Kier alpha value is -1.52. The number of hydrogen-bond donors (Lipinski definition) is 1. The van der Waals surface area contributed by atoms with Crippen LogP contribution in [0.5, 0.6) is 0 Å². The van der Waals surface area contributed by atoms with Crippen molar-refractivity contribution in [3.63, 3.8) is 0 Å². The molecule has 1 heteroatoms. The van der Waals surface area contributed by atoms with Gasteiger partial charge in [0.25, 0.3) is 0 Å². The highest BCUT2D eigenvalue weighted by Crippen LogP contribution is 2.60. The van der Waals surface area contributed by atoms with Gasteiger partial charge in [0, 0.05) is 5.56 Å². The van der Waals surface area contributed by atoms with Gasteiger partial charge < -0.3 is 5.73 Å². The molecule has 0 spiro atoms. The Balaban J connectivity index is 0.000000514. The zero-order chi connectivity index (χ0) is 20.7. The second-order valence-corrected chi connectivity index (χ2v) is 8.85. The van der Waals surface area contributed by atoms with Crippen molar-refractivity contribution in [1.29, 1.82) is 0 Å². The Morgan fingerprint density at radius 2 is 1.93 bits per heavy atom. The summed E-state index contributed by atoms with van der Waals surface area (Å²) in [6, 6.07) is 4.98. The molecule has 154 valence electrons. The first-order valence-electron chi connectivity index (χ1n) is 11.3. The SMILES string of the molecule is C=CC.CC#Cc1cc2c(cc1CC)CCC1C2CCC2(C)CCCC12.CN. The van der Waals surface area contributed by atoms with Gasteiger partial charge >= 0.3 is 0 Å². The van der Waals surface area contributed by atoms with E-state index < -0.39 is 0 Å². The molecule has 0 amide bonds. The van der Waals surface area contributed by atoms with Crippen LogP contribution in [0.2, 0.25) is 0 Å². The topological polar surface area (TPSA) is 26.0 Å². The minimum atomic E-state index is 0.661. The summed E-state index contributed by atoms with van der Waals surface area (Å²) in [5, 5.41) is 0. The molecule has 0 aromatic heterocycles. The number of nitrogens with two attached hydrogens (primary N) is 1. The van der Waals surface area contributed by atoms with Gasteiger partial charge in [0.2, 0.25) is 0 Å². The van der Waals surface area contributed by atoms with E-state index in [9.17, 15) is 0 Å². The maximum atomic E-state index is 4.50. The van der Waals surface area contributed by atoms with E-state index in [4.69, 9.17) is 0 Å². The Morgan fingerprint density at radius 3 is 2.57 bits per heavy atom. The standard InChI is InChI=1S/C23H30.C3H6.CH5N/c1-4-7-17-15-21-18(14-16(17)5-2)9-10-20-19(21)11-13-23(3)12-6-8-22(20)23;1-3-2;1-2/h14-15,19-20,22H,5-6,8-13H2,1-3H3;3H,1H2,2H3;2H2,1H3. The lowest BCUT2D eigenvalue weighted by Gasteiger charge is -2.49. The van der Waals surface area contributed by atoms with E-state index in [0.717, 1.165) is 24.2 Å². The predicted octanol–water partition coefficient (Wildman–Crippen LogP) is 6.63. The second-order valence-electron chi connectivity index (χ2n) is 8.85. The summed E-state index contributed by atoms with van der Waals surface area (Å²) >= 11 is 0. The highest BCUT2D eigenvalue weighted by Gasteiger charge is 2.50. The molecule has 2 N–H and O–H groups in total. The summed E-state index contributed by atoms with van der Waals surface area (Å²) in [5.74, 6) is 9.26. The number of aryl methyl sites for hydroxylation is 2. The zero-order valence-corrected chi connectivity index (χ0v) is 18.9. The maximum Gasteiger partial charge on any atom is 0.0280 e. The van der Waals surface area contributed by atoms with E-state index in [1.807, 2.05) is 13.8 Å². The van der Waals surface area contributed by atoms with Gasteiger partial charge in [0.1, 0.15) is 0 Å². The summed E-state index contributed by atoms with van der Waals surface area (Å²) in [6.07, 6.45) is 12.9. The molecule has 3 aliphatic carbocycles. The van der Waals surface area contributed by atoms with Crippen molar-refractivity contribution in [2.45, 2.75) is 85.0 Å². The molecule has 1 aromatic carbocycles. The van der Waals surface area contributed by atoms with E-state index in [0.29, 0.717) is 5.41 Å². The van der Waals surface area contributed by atoms with Crippen LogP contribution in [0, 0.1) is 29.1 Å². The van der Waals surface area contributed by atoms with Crippen LogP contribution in [0.25, 0.3) is 0 Å². The molecule has 1 nitrogen and oxygen atoms in total. The summed E-state index contributed by atoms with van der Waals surface area (Å²) in [4.78, 5) is 0. The van der Waals surface area contributed by atoms with Crippen LogP contribution in [0.3, 0.4) is 0 Å². The average Bonchev–Trinajstić information content (AvgIpc) is 3.11. The van der Waals surface area contributed by atoms with Crippen LogP contribution in [-0.4, -0.2) is 7.05 Å². The molecule has 2 fully saturated rings. The van der Waals surface area contributed by atoms with E-state index in [2.05, 4.69) is 50.1 Å². The monoisotopic (exact) mass is 379 g/mol. The van der Waals surface area contributed by atoms with Crippen molar-refractivity contribution in [2.75, 3.05) is 7.05 Å². The van der Waals surface area contributed by atoms with Crippen LogP contribution < -0.4 is 5.73 Å². The maximum absolute atomic E-state index is 4.50. The van der Waals surface area contributed by atoms with Gasteiger partial charge in [-0.15, -0.1) is 12.5 Å². The highest BCUT2D eigenvalue weighted by molar-refractivity contribution is 5.49. The number of rotatable bonds is 1. The van der Waals surface area contributed by atoms with Gasteiger partial charge in [-0.2, -0.15) is 0 Å². The van der Waals surface area contributed by atoms with Gasteiger partial charge in [0.15, 0.2) is 0 Å². The lowest BCUT2D eigenvalue weighted by atomic mass is 9.55. The number of fused-ring (bicyclic) bond motifs is 5. The lowest BCUT2D eigenvalue weighted by Crippen LogP contribution is -2.39. The lowest BCUT2D eigenvalue weighted by molar-refractivity contribution is 0.0598. The smallest absolute Gasteiger partial charge is 0.0280 e. The largest absolute Gasteiger partial charge is 0.333 e. The van der Waals surface area contributed by atoms with Crippen molar-refractivity contribution < 1.29 is 0 Å². The fraction of sp³-hybridized carbons (Fsp3) is 0.630. The molecule has 1 aromatic rings. The van der Waals surface area contributed by atoms with Crippen molar-refractivity contribution in [3.8, 4) is 11.8 Å². The normalized spacial score (nSPS) is 29.3. The molecule has 0 radical (unpaired) electrons. The van der Waals surface area contributed by atoms with Crippen molar-refractivity contribution >= 4 is 0 Å². The zero-order valence-electron chi connectivity index (χ0n) is 18.9. The highest BCUT2D eigenvalue weighted by atomic mass is 14.5. The molecular formula is C27H41N. The first kappa shape index (κ1) is 22.8. The molecule has 4 rings (SSSR count). The van der Waals surface area contributed by atoms with Crippen LogP contribution in [0.4, 0.5) is 0 Å². The third kappa shape index (κ3) is 4.38. The van der Waals surface area contributed by atoms with Crippen molar-refractivity contribution in [2.24, 2.45) is 23.0 Å². The number of hydrogen-bond acceptors (Lipinski definition) is 1. The Bertz CT molecular complexity index is 720. The van der Waals surface area contributed by atoms with E-state index in [1.165, 1.54) is 63.1 Å². The third-order valence-corrected chi connectivity index (χ3v) is 7.37. The molecule has 4 atom stereocenters. The predicted molar refractivity (Wildman–Crippen MR) is 124 cm³/mol. The minimum absolute atomic E-state index is 0.661. The fourth-order valence-corrected chi connectivity index (χ4v) is 6.21. The summed E-state index contributed by atoms with van der Waals surface area (Å²) in [6.45, 7) is 12.1. The van der Waals surface area contributed by atoms with Gasteiger partial charge in [-0.1, -0.05) is 38.3 Å². The molecule has 28 heavy (non-hydrogen) atoms. The van der Waals surface area contributed by atoms with E-state index in [-0.39, 0.29) is 0 Å². The summed E-state index contributed by atoms with van der Waals surface area (Å²) in [7, 11) is 1.50.